The fraction of sp³-hybridized carbons (Fsp3) is 0.364. The van der Waals surface area contributed by atoms with E-state index in [9.17, 15) is 0 Å². The van der Waals surface area contributed by atoms with Crippen molar-refractivity contribution in [3.05, 3.63) is 77.0 Å². The predicted octanol–water partition coefficient (Wildman–Crippen LogP) is 5.64. The number of hydrogen-bond acceptors (Lipinski definition) is 1. The highest BCUT2D eigenvalue weighted by molar-refractivity contribution is 5.76. The van der Waals surface area contributed by atoms with Gasteiger partial charge in [-0.2, -0.15) is 0 Å². The van der Waals surface area contributed by atoms with Gasteiger partial charge in [-0.05, 0) is 60.5 Å². The maximum absolute atomic E-state index is 3.62. The van der Waals surface area contributed by atoms with E-state index >= 15 is 0 Å². The summed E-state index contributed by atoms with van der Waals surface area (Å²) in [4.78, 5) is 0. The average molecular weight is 305 g/mol. The predicted molar refractivity (Wildman–Crippen MR) is 100.0 cm³/mol. The Morgan fingerprint density at radius 2 is 1.87 bits per heavy atom. The van der Waals surface area contributed by atoms with E-state index in [1.165, 1.54) is 35.1 Å². The molecule has 0 radical (unpaired) electrons. The van der Waals surface area contributed by atoms with Crippen LogP contribution in [0.3, 0.4) is 0 Å². The summed E-state index contributed by atoms with van der Waals surface area (Å²) in [5, 5.41) is 3.62. The minimum atomic E-state index is 0.350. The van der Waals surface area contributed by atoms with Crippen LogP contribution >= 0.6 is 0 Å². The molecule has 120 valence electrons. The summed E-state index contributed by atoms with van der Waals surface area (Å²) in [5.74, 6) is 0.653. The van der Waals surface area contributed by atoms with E-state index in [1.54, 1.807) is 5.57 Å². The van der Waals surface area contributed by atoms with Crippen molar-refractivity contribution in [2.24, 2.45) is 5.92 Å². The molecule has 2 aliphatic rings. The zero-order valence-corrected chi connectivity index (χ0v) is 14.5. The summed E-state index contributed by atoms with van der Waals surface area (Å²) >= 11 is 0. The molecule has 0 aromatic heterocycles. The molecule has 0 saturated carbocycles. The summed E-state index contributed by atoms with van der Waals surface area (Å²) < 4.78 is 0. The van der Waals surface area contributed by atoms with E-state index in [4.69, 9.17) is 0 Å². The molecule has 23 heavy (non-hydrogen) atoms. The van der Waals surface area contributed by atoms with Gasteiger partial charge in [0, 0.05) is 6.20 Å². The fourth-order valence-corrected chi connectivity index (χ4v) is 3.73. The highest BCUT2D eigenvalue weighted by Gasteiger charge is 2.26. The summed E-state index contributed by atoms with van der Waals surface area (Å²) in [5.41, 5.74) is 6.97. The minimum absolute atomic E-state index is 0.350. The standard InChI is InChI=1S/C22H27N/c1-4-8-19-11-12-20(18-9-6-5-7-10-18)14-21(19)22-17(3)13-16(2)15-23-22/h5-7,9-10,12-15,19,22-23H,4,8,11H2,1-3H3/t19-,22?/m1/s1. The molecular formula is C22H27N. The van der Waals surface area contributed by atoms with Crippen molar-refractivity contribution in [2.45, 2.75) is 46.1 Å². The zero-order valence-electron chi connectivity index (χ0n) is 14.5. The molecule has 1 heteroatoms. The van der Waals surface area contributed by atoms with Crippen LogP contribution in [-0.2, 0) is 0 Å². The molecule has 3 rings (SSSR count). The van der Waals surface area contributed by atoms with E-state index in [2.05, 4.69) is 80.8 Å². The number of allylic oxidation sites excluding steroid dienone is 5. The first-order valence-corrected chi connectivity index (χ1v) is 8.77. The van der Waals surface area contributed by atoms with Crippen molar-refractivity contribution in [3.8, 4) is 0 Å². The Hall–Kier alpha value is -2.02. The maximum Gasteiger partial charge on any atom is 0.0688 e. The quantitative estimate of drug-likeness (QED) is 0.759. The summed E-state index contributed by atoms with van der Waals surface area (Å²) in [6, 6.07) is 11.1. The molecule has 1 aliphatic carbocycles. The van der Waals surface area contributed by atoms with E-state index in [1.807, 2.05) is 0 Å². The topological polar surface area (TPSA) is 12.0 Å². The molecule has 0 spiro atoms. The first kappa shape index (κ1) is 15.9. The van der Waals surface area contributed by atoms with Crippen LogP contribution in [0, 0.1) is 5.92 Å². The lowest BCUT2D eigenvalue weighted by molar-refractivity contribution is 0.509. The Balaban J connectivity index is 1.94. The third kappa shape index (κ3) is 3.50. The minimum Gasteiger partial charge on any atom is -0.380 e. The van der Waals surface area contributed by atoms with Crippen molar-refractivity contribution < 1.29 is 0 Å². The van der Waals surface area contributed by atoms with E-state index in [0.717, 1.165) is 6.42 Å². The van der Waals surface area contributed by atoms with Gasteiger partial charge >= 0.3 is 0 Å². The Labute approximate surface area is 140 Å². The fourth-order valence-electron chi connectivity index (χ4n) is 3.73. The van der Waals surface area contributed by atoms with Gasteiger partial charge in [0.15, 0.2) is 0 Å². The van der Waals surface area contributed by atoms with Crippen LogP contribution in [-0.4, -0.2) is 6.04 Å². The lowest BCUT2D eigenvalue weighted by Crippen LogP contribution is -2.34. The molecular weight excluding hydrogens is 278 g/mol. The highest BCUT2D eigenvalue weighted by atomic mass is 14.9. The number of benzene rings is 1. The maximum atomic E-state index is 3.62. The van der Waals surface area contributed by atoms with Crippen LogP contribution in [0.15, 0.2) is 71.5 Å². The van der Waals surface area contributed by atoms with E-state index in [0.29, 0.717) is 12.0 Å². The third-order valence-corrected chi connectivity index (χ3v) is 4.88. The van der Waals surface area contributed by atoms with Crippen molar-refractivity contribution in [3.63, 3.8) is 0 Å². The molecule has 0 saturated heterocycles. The van der Waals surface area contributed by atoms with Crippen LogP contribution in [0.25, 0.3) is 5.57 Å². The van der Waals surface area contributed by atoms with E-state index in [-0.39, 0.29) is 0 Å². The molecule has 0 bridgehead atoms. The van der Waals surface area contributed by atoms with Crippen molar-refractivity contribution in [1.29, 1.82) is 0 Å². The van der Waals surface area contributed by atoms with Crippen molar-refractivity contribution in [1.82, 2.24) is 5.32 Å². The Kier molecular flexibility index (Phi) is 4.85. The Morgan fingerprint density at radius 3 is 2.57 bits per heavy atom. The van der Waals surface area contributed by atoms with Crippen molar-refractivity contribution >= 4 is 5.57 Å². The lowest BCUT2D eigenvalue weighted by atomic mass is 9.78. The second kappa shape index (κ2) is 7.04. The number of rotatable bonds is 4. The largest absolute Gasteiger partial charge is 0.380 e. The van der Waals surface area contributed by atoms with Gasteiger partial charge in [0.05, 0.1) is 6.04 Å². The molecule has 0 fully saturated rings. The second-order valence-corrected chi connectivity index (χ2v) is 6.77. The van der Waals surface area contributed by atoms with Gasteiger partial charge in [-0.1, -0.05) is 61.9 Å². The van der Waals surface area contributed by atoms with Gasteiger partial charge in [-0.15, -0.1) is 0 Å². The molecule has 1 aromatic carbocycles. The molecule has 2 atom stereocenters. The smallest absolute Gasteiger partial charge is 0.0688 e. The van der Waals surface area contributed by atoms with Crippen LogP contribution in [0.5, 0.6) is 0 Å². The van der Waals surface area contributed by atoms with Crippen LogP contribution in [0.2, 0.25) is 0 Å². The van der Waals surface area contributed by atoms with Gasteiger partial charge in [0.25, 0.3) is 0 Å². The number of hydrogen-bond donors (Lipinski definition) is 1. The third-order valence-electron chi connectivity index (χ3n) is 4.88. The molecule has 1 heterocycles. The monoisotopic (exact) mass is 305 g/mol. The SMILES string of the molecule is CCC[C@@H]1CC=C(c2ccccc2)C=C1C1NC=C(C)C=C1C. The zero-order chi connectivity index (χ0) is 16.2. The second-order valence-electron chi connectivity index (χ2n) is 6.77. The summed E-state index contributed by atoms with van der Waals surface area (Å²) in [7, 11) is 0. The first-order chi connectivity index (χ1) is 11.2. The van der Waals surface area contributed by atoms with Crippen LogP contribution in [0.1, 0.15) is 45.6 Å². The van der Waals surface area contributed by atoms with Gasteiger partial charge in [-0.25, -0.2) is 0 Å². The van der Waals surface area contributed by atoms with Crippen LogP contribution < -0.4 is 5.32 Å². The molecule has 1 unspecified atom stereocenters. The summed E-state index contributed by atoms with van der Waals surface area (Å²) in [6.07, 6.45) is 13.0. The molecule has 1 aromatic rings. The van der Waals surface area contributed by atoms with Gasteiger partial charge in [-0.3, -0.25) is 0 Å². The number of dihydropyridines is 1. The molecule has 1 nitrogen and oxygen atoms in total. The normalized spacial score (nSPS) is 24.1. The number of nitrogens with one attached hydrogen (secondary N) is 1. The average Bonchev–Trinajstić information content (AvgIpc) is 2.57. The Morgan fingerprint density at radius 1 is 1.09 bits per heavy atom. The van der Waals surface area contributed by atoms with E-state index < -0.39 is 0 Å². The Bertz CT molecular complexity index is 673. The highest BCUT2D eigenvalue weighted by Crippen LogP contribution is 2.36. The van der Waals surface area contributed by atoms with Crippen LogP contribution in [0.4, 0.5) is 0 Å². The molecule has 1 N–H and O–H groups in total. The first-order valence-electron chi connectivity index (χ1n) is 8.77. The van der Waals surface area contributed by atoms with Gasteiger partial charge < -0.3 is 5.32 Å². The lowest BCUT2D eigenvalue weighted by Gasteiger charge is -2.33. The van der Waals surface area contributed by atoms with Gasteiger partial charge in [0.1, 0.15) is 0 Å². The van der Waals surface area contributed by atoms with Gasteiger partial charge in [0.2, 0.25) is 0 Å². The van der Waals surface area contributed by atoms with Crippen molar-refractivity contribution in [2.75, 3.05) is 0 Å². The summed E-state index contributed by atoms with van der Waals surface area (Å²) in [6.45, 7) is 6.69. The molecule has 1 aliphatic heterocycles. The molecule has 0 amide bonds.